The van der Waals surface area contributed by atoms with Gasteiger partial charge in [-0.3, -0.25) is 14.4 Å². The number of hydrogen-bond donors (Lipinski definition) is 2. The second-order valence-corrected chi connectivity index (χ2v) is 6.29. The SMILES string of the molecule is CCc1ccccc1N1CC(C(=O)Nc2ccccc2C(N)=O)CC1=O. The summed E-state index contributed by atoms with van der Waals surface area (Å²) in [5, 5.41) is 2.74. The van der Waals surface area contributed by atoms with Crippen molar-refractivity contribution in [3.05, 3.63) is 59.7 Å². The molecule has 3 amide bonds. The minimum atomic E-state index is -0.609. The smallest absolute Gasteiger partial charge is 0.250 e. The van der Waals surface area contributed by atoms with Gasteiger partial charge in [0.05, 0.1) is 17.2 Å². The molecule has 0 bridgehead atoms. The van der Waals surface area contributed by atoms with E-state index < -0.39 is 11.8 Å². The monoisotopic (exact) mass is 351 g/mol. The van der Waals surface area contributed by atoms with E-state index in [0.717, 1.165) is 17.7 Å². The summed E-state index contributed by atoms with van der Waals surface area (Å²) in [6.07, 6.45) is 0.950. The van der Waals surface area contributed by atoms with Crippen LogP contribution >= 0.6 is 0 Å². The van der Waals surface area contributed by atoms with Gasteiger partial charge in [-0.25, -0.2) is 0 Å². The third-order valence-electron chi connectivity index (χ3n) is 4.61. The van der Waals surface area contributed by atoms with E-state index in [0.29, 0.717) is 12.2 Å². The molecule has 0 radical (unpaired) electrons. The number of benzene rings is 2. The maximum absolute atomic E-state index is 12.6. The van der Waals surface area contributed by atoms with Gasteiger partial charge in [0.15, 0.2) is 0 Å². The molecule has 1 saturated heterocycles. The van der Waals surface area contributed by atoms with Gasteiger partial charge >= 0.3 is 0 Å². The van der Waals surface area contributed by atoms with Gasteiger partial charge in [-0.1, -0.05) is 37.3 Å². The molecule has 3 rings (SSSR count). The predicted molar refractivity (Wildman–Crippen MR) is 99.9 cm³/mol. The first-order valence-electron chi connectivity index (χ1n) is 8.59. The molecular formula is C20H21N3O3. The van der Waals surface area contributed by atoms with Gasteiger partial charge in [-0.05, 0) is 30.2 Å². The van der Waals surface area contributed by atoms with Gasteiger partial charge in [0.1, 0.15) is 0 Å². The van der Waals surface area contributed by atoms with E-state index >= 15 is 0 Å². The maximum atomic E-state index is 12.6. The van der Waals surface area contributed by atoms with E-state index in [4.69, 9.17) is 5.73 Å². The highest BCUT2D eigenvalue weighted by atomic mass is 16.2. The minimum Gasteiger partial charge on any atom is -0.366 e. The zero-order chi connectivity index (χ0) is 18.7. The van der Waals surface area contributed by atoms with Crippen LogP contribution in [0.3, 0.4) is 0 Å². The Labute approximate surface area is 152 Å². The van der Waals surface area contributed by atoms with Gasteiger partial charge in [0.25, 0.3) is 5.91 Å². The van der Waals surface area contributed by atoms with Crippen molar-refractivity contribution in [3.63, 3.8) is 0 Å². The summed E-state index contributed by atoms with van der Waals surface area (Å²) in [6.45, 7) is 2.35. The molecule has 1 heterocycles. The van der Waals surface area contributed by atoms with Crippen molar-refractivity contribution in [2.45, 2.75) is 19.8 Å². The van der Waals surface area contributed by atoms with Crippen LogP contribution in [0.15, 0.2) is 48.5 Å². The van der Waals surface area contributed by atoms with Gasteiger partial charge in [-0.15, -0.1) is 0 Å². The fraction of sp³-hybridized carbons (Fsp3) is 0.250. The van der Waals surface area contributed by atoms with Crippen molar-refractivity contribution < 1.29 is 14.4 Å². The molecule has 134 valence electrons. The van der Waals surface area contributed by atoms with Crippen LogP contribution < -0.4 is 16.0 Å². The molecule has 6 heteroatoms. The van der Waals surface area contributed by atoms with Crippen molar-refractivity contribution in [3.8, 4) is 0 Å². The Morgan fingerprint density at radius 1 is 1.15 bits per heavy atom. The van der Waals surface area contributed by atoms with Gasteiger partial charge in [0, 0.05) is 18.7 Å². The summed E-state index contributed by atoms with van der Waals surface area (Å²) in [5.41, 5.74) is 7.88. The molecule has 1 unspecified atom stereocenters. The lowest BCUT2D eigenvalue weighted by molar-refractivity contribution is -0.122. The molecule has 2 aromatic carbocycles. The molecule has 1 aliphatic heterocycles. The topological polar surface area (TPSA) is 92.5 Å². The van der Waals surface area contributed by atoms with Crippen LogP contribution in [0.4, 0.5) is 11.4 Å². The molecule has 2 aromatic rings. The Bertz CT molecular complexity index is 863. The van der Waals surface area contributed by atoms with Crippen LogP contribution in [0.25, 0.3) is 0 Å². The zero-order valence-electron chi connectivity index (χ0n) is 14.6. The molecular weight excluding hydrogens is 330 g/mol. The van der Waals surface area contributed by atoms with E-state index in [1.165, 1.54) is 0 Å². The second-order valence-electron chi connectivity index (χ2n) is 6.29. The Morgan fingerprint density at radius 2 is 1.85 bits per heavy atom. The molecule has 1 aliphatic rings. The molecule has 26 heavy (non-hydrogen) atoms. The molecule has 6 nitrogen and oxygen atoms in total. The number of primary amides is 1. The lowest BCUT2D eigenvalue weighted by Gasteiger charge is -2.20. The molecule has 0 spiro atoms. The number of carbonyl (C=O) groups is 3. The fourth-order valence-corrected chi connectivity index (χ4v) is 3.23. The number of nitrogens with one attached hydrogen (secondary N) is 1. The van der Waals surface area contributed by atoms with Crippen LogP contribution in [-0.2, 0) is 16.0 Å². The first kappa shape index (κ1) is 17.7. The predicted octanol–water partition coefficient (Wildman–Crippen LogP) is 2.34. The van der Waals surface area contributed by atoms with Crippen molar-refractivity contribution >= 4 is 29.1 Å². The van der Waals surface area contributed by atoms with E-state index in [1.54, 1.807) is 29.2 Å². The molecule has 1 atom stereocenters. The number of nitrogens with two attached hydrogens (primary N) is 1. The Morgan fingerprint density at radius 3 is 2.58 bits per heavy atom. The van der Waals surface area contributed by atoms with Crippen LogP contribution in [0.5, 0.6) is 0 Å². The molecule has 0 saturated carbocycles. The Hall–Kier alpha value is -3.15. The fourth-order valence-electron chi connectivity index (χ4n) is 3.23. The lowest BCUT2D eigenvalue weighted by atomic mass is 10.1. The van der Waals surface area contributed by atoms with Crippen molar-refractivity contribution in [2.24, 2.45) is 11.7 Å². The molecule has 3 N–H and O–H groups in total. The third-order valence-corrected chi connectivity index (χ3v) is 4.61. The third kappa shape index (κ3) is 3.44. The maximum Gasteiger partial charge on any atom is 0.250 e. The summed E-state index contributed by atoms with van der Waals surface area (Å²) in [6, 6.07) is 14.3. The largest absolute Gasteiger partial charge is 0.366 e. The summed E-state index contributed by atoms with van der Waals surface area (Å²) in [7, 11) is 0. The minimum absolute atomic E-state index is 0.0748. The Kier molecular flexibility index (Phi) is 5.02. The van der Waals surface area contributed by atoms with Crippen LogP contribution in [-0.4, -0.2) is 24.3 Å². The standard InChI is InChI=1S/C20H21N3O3/c1-2-13-7-3-6-10-17(13)23-12-14(11-18(23)24)20(26)22-16-9-5-4-8-15(16)19(21)25/h3-10,14H,2,11-12H2,1H3,(H2,21,25)(H,22,26). The number of para-hydroxylation sites is 2. The highest BCUT2D eigenvalue weighted by Crippen LogP contribution is 2.29. The highest BCUT2D eigenvalue weighted by molar-refractivity contribution is 6.07. The second kappa shape index (κ2) is 7.39. The zero-order valence-corrected chi connectivity index (χ0v) is 14.6. The van der Waals surface area contributed by atoms with Crippen LogP contribution in [0.1, 0.15) is 29.3 Å². The summed E-state index contributed by atoms with van der Waals surface area (Å²) in [5.74, 6) is -1.45. The molecule has 0 aliphatic carbocycles. The molecule has 0 aromatic heterocycles. The number of rotatable bonds is 5. The first-order valence-corrected chi connectivity index (χ1v) is 8.59. The van der Waals surface area contributed by atoms with E-state index in [9.17, 15) is 14.4 Å². The van der Waals surface area contributed by atoms with E-state index in [2.05, 4.69) is 5.32 Å². The normalized spacial score (nSPS) is 16.6. The van der Waals surface area contributed by atoms with Crippen molar-refractivity contribution in [2.75, 3.05) is 16.8 Å². The highest BCUT2D eigenvalue weighted by Gasteiger charge is 2.36. The summed E-state index contributed by atoms with van der Waals surface area (Å²) < 4.78 is 0. The molecule has 1 fully saturated rings. The number of nitrogens with zero attached hydrogens (tertiary/aromatic N) is 1. The lowest BCUT2D eigenvalue weighted by Crippen LogP contribution is -2.29. The quantitative estimate of drug-likeness (QED) is 0.866. The number of carbonyl (C=O) groups excluding carboxylic acids is 3. The van der Waals surface area contributed by atoms with Crippen molar-refractivity contribution in [1.82, 2.24) is 0 Å². The summed E-state index contributed by atoms with van der Waals surface area (Å²) >= 11 is 0. The number of hydrogen-bond acceptors (Lipinski definition) is 3. The van der Waals surface area contributed by atoms with Gasteiger partial charge in [0.2, 0.25) is 11.8 Å². The van der Waals surface area contributed by atoms with Gasteiger partial charge in [-0.2, -0.15) is 0 Å². The van der Waals surface area contributed by atoms with E-state index in [-0.39, 0.29) is 23.8 Å². The number of amides is 3. The van der Waals surface area contributed by atoms with E-state index in [1.807, 2.05) is 31.2 Å². The number of anilines is 2. The van der Waals surface area contributed by atoms with Gasteiger partial charge < -0.3 is 16.0 Å². The number of aryl methyl sites for hydroxylation is 1. The van der Waals surface area contributed by atoms with Crippen LogP contribution in [0.2, 0.25) is 0 Å². The Balaban J connectivity index is 1.77. The average molecular weight is 351 g/mol. The van der Waals surface area contributed by atoms with Crippen molar-refractivity contribution in [1.29, 1.82) is 0 Å². The average Bonchev–Trinajstić information content (AvgIpc) is 3.03. The first-order chi connectivity index (χ1) is 12.5. The van der Waals surface area contributed by atoms with Crippen LogP contribution in [0, 0.1) is 5.92 Å². The summed E-state index contributed by atoms with van der Waals surface area (Å²) in [4.78, 5) is 38.2.